The van der Waals surface area contributed by atoms with Crippen molar-refractivity contribution >= 4 is 10.0 Å². The summed E-state index contributed by atoms with van der Waals surface area (Å²) in [5.41, 5.74) is 1.90. The van der Waals surface area contributed by atoms with Gasteiger partial charge in [-0.3, -0.25) is 0 Å². The van der Waals surface area contributed by atoms with Crippen LogP contribution in [0.1, 0.15) is 23.3 Å². The molecule has 0 aromatic heterocycles. The van der Waals surface area contributed by atoms with Crippen LogP contribution in [0, 0.1) is 0 Å². The molecule has 0 aliphatic carbocycles. The molecule has 1 aromatic rings. The van der Waals surface area contributed by atoms with Crippen molar-refractivity contribution in [3.63, 3.8) is 0 Å². The minimum atomic E-state index is -3.26. The number of hydrogen-bond acceptors (Lipinski definition) is 3. The van der Waals surface area contributed by atoms with Crippen molar-refractivity contribution in [2.75, 3.05) is 13.7 Å². The Bertz CT molecular complexity index is 496. The van der Waals surface area contributed by atoms with Crippen molar-refractivity contribution < 1.29 is 13.2 Å². The van der Waals surface area contributed by atoms with Gasteiger partial charge in [-0.1, -0.05) is 12.1 Å². The molecule has 0 saturated heterocycles. The molecule has 0 amide bonds. The lowest BCUT2D eigenvalue weighted by Crippen LogP contribution is -2.24. The molecule has 4 nitrogen and oxygen atoms in total. The molecule has 1 N–H and O–H groups in total. The minimum Gasteiger partial charge on any atom is -0.493 e. The molecule has 1 aliphatic heterocycles. The Labute approximate surface area is 95.7 Å². The molecule has 0 radical (unpaired) electrons. The third-order valence-corrected chi connectivity index (χ3v) is 4.70. The Morgan fingerprint density at radius 2 is 2.19 bits per heavy atom. The zero-order valence-electron chi connectivity index (χ0n) is 9.36. The molecule has 88 valence electrons. The first-order chi connectivity index (χ1) is 7.54. The van der Waals surface area contributed by atoms with Crippen molar-refractivity contribution in [1.82, 2.24) is 4.72 Å². The highest BCUT2D eigenvalue weighted by atomic mass is 32.2. The second kappa shape index (κ2) is 4.07. The van der Waals surface area contributed by atoms with E-state index in [1.807, 2.05) is 18.2 Å². The zero-order chi connectivity index (χ0) is 11.8. The quantitative estimate of drug-likeness (QED) is 0.866. The van der Waals surface area contributed by atoms with E-state index in [-0.39, 0.29) is 0 Å². The molecule has 0 bridgehead atoms. The summed E-state index contributed by atoms with van der Waals surface area (Å²) in [4.78, 5) is 0. The van der Waals surface area contributed by atoms with Gasteiger partial charge in [0.05, 0.1) is 11.9 Å². The third kappa shape index (κ3) is 1.92. The van der Waals surface area contributed by atoms with Gasteiger partial charge in [-0.25, -0.2) is 13.1 Å². The zero-order valence-corrected chi connectivity index (χ0v) is 10.2. The third-order valence-electron chi connectivity index (χ3n) is 2.93. The van der Waals surface area contributed by atoms with Crippen LogP contribution >= 0.6 is 0 Å². The monoisotopic (exact) mass is 241 g/mol. The number of fused-ring (bicyclic) bond motifs is 1. The van der Waals surface area contributed by atoms with Crippen molar-refractivity contribution in [2.45, 2.75) is 18.6 Å². The van der Waals surface area contributed by atoms with E-state index in [1.54, 1.807) is 6.92 Å². The Morgan fingerprint density at radius 1 is 1.44 bits per heavy atom. The summed E-state index contributed by atoms with van der Waals surface area (Å²) in [5.74, 6) is 0.873. The molecule has 0 saturated carbocycles. The van der Waals surface area contributed by atoms with Crippen molar-refractivity contribution in [2.24, 2.45) is 0 Å². The predicted molar refractivity (Wildman–Crippen MR) is 62.0 cm³/mol. The highest BCUT2D eigenvalue weighted by Crippen LogP contribution is 2.30. The number of sulfonamides is 1. The fourth-order valence-electron chi connectivity index (χ4n) is 1.82. The Morgan fingerprint density at radius 3 is 2.88 bits per heavy atom. The fourth-order valence-corrected chi connectivity index (χ4v) is 2.67. The van der Waals surface area contributed by atoms with Crippen LogP contribution in [0.15, 0.2) is 18.2 Å². The van der Waals surface area contributed by atoms with Gasteiger partial charge in [0, 0.05) is 6.42 Å². The summed E-state index contributed by atoms with van der Waals surface area (Å²) in [6.45, 7) is 2.37. The second-order valence-corrected chi connectivity index (χ2v) is 6.06. The van der Waals surface area contributed by atoms with Gasteiger partial charge in [0.15, 0.2) is 0 Å². The van der Waals surface area contributed by atoms with Crippen LogP contribution in [-0.2, 0) is 16.4 Å². The lowest BCUT2D eigenvalue weighted by atomic mass is 10.1. The van der Waals surface area contributed by atoms with E-state index < -0.39 is 15.3 Å². The minimum absolute atomic E-state index is 0.539. The van der Waals surface area contributed by atoms with Crippen LogP contribution in [0.25, 0.3) is 0 Å². The van der Waals surface area contributed by atoms with Crippen molar-refractivity contribution in [3.8, 4) is 5.75 Å². The molecule has 1 aromatic carbocycles. The molecule has 1 unspecified atom stereocenters. The van der Waals surface area contributed by atoms with E-state index in [1.165, 1.54) is 7.05 Å². The molecule has 0 fully saturated rings. The van der Waals surface area contributed by atoms with Crippen LogP contribution in [0.2, 0.25) is 0 Å². The average molecular weight is 241 g/mol. The van der Waals surface area contributed by atoms with E-state index in [0.717, 1.165) is 23.3 Å². The SMILES string of the molecule is CNS(=O)(=O)C(C)c1ccc2c(c1)CCO2. The van der Waals surface area contributed by atoms with E-state index in [9.17, 15) is 8.42 Å². The van der Waals surface area contributed by atoms with Gasteiger partial charge in [-0.2, -0.15) is 0 Å². The molecule has 1 atom stereocenters. The lowest BCUT2D eigenvalue weighted by Gasteiger charge is -2.13. The molecular formula is C11H15NO3S. The predicted octanol–water partition coefficient (Wildman–Crippen LogP) is 1.23. The largest absolute Gasteiger partial charge is 0.493 e. The Hall–Kier alpha value is -1.07. The normalized spacial score (nSPS) is 16.6. The van der Waals surface area contributed by atoms with Gasteiger partial charge < -0.3 is 4.74 Å². The van der Waals surface area contributed by atoms with Crippen molar-refractivity contribution in [1.29, 1.82) is 0 Å². The maximum Gasteiger partial charge on any atom is 0.218 e. The van der Waals surface area contributed by atoms with E-state index >= 15 is 0 Å². The average Bonchev–Trinajstić information content (AvgIpc) is 2.74. The van der Waals surface area contributed by atoms with E-state index in [0.29, 0.717) is 6.61 Å². The standard InChI is InChI=1S/C11H15NO3S/c1-8(16(13,14)12-2)9-3-4-11-10(7-9)5-6-15-11/h3-4,7-8,12H,5-6H2,1-2H3. The molecular weight excluding hydrogens is 226 g/mol. The molecule has 1 heterocycles. The van der Waals surface area contributed by atoms with Gasteiger partial charge in [0.1, 0.15) is 5.75 Å². The summed E-state index contributed by atoms with van der Waals surface area (Å²) in [7, 11) is -1.83. The summed E-state index contributed by atoms with van der Waals surface area (Å²) in [6, 6.07) is 5.57. The highest BCUT2D eigenvalue weighted by molar-refractivity contribution is 7.89. The number of hydrogen-bond donors (Lipinski definition) is 1. The molecule has 5 heteroatoms. The van der Waals surface area contributed by atoms with Crippen LogP contribution in [0.3, 0.4) is 0 Å². The summed E-state index contributed by atoms with van der Waals surface area (Å²) >= 11 is 0. The fraction of sp³-hybridized carbons (Fsp3) is 0.455. The van der Waals surface area contributed by atoms with Crippen LogP contribution in [-0.4, -0.2) is 22.1 Å². The summed E-state index contributed by atoms with van der Waals surface area (Å²) in [5, 5.41) is -0.539. The first-order valence-corrected chi connectivity index (χ1v) is 6.77. The highest BCUT2D eigenvalue weighted by Gasteiger charge is 2.22. The lowest BCUT2D eigenvalue weighted by molar-refractivity contribution is 0.357. The van der Waals surface area contributed by atoms with Crippen molar-refractivity contribution in [3.05, 3.63) is 29.3 Å². The maximum absolute atomic E-state index is 11.7. The van der Waals surface area contributed by atoms with Crippen LogP contribution in [0.4, 0.5) is 0 Å². The van der Waals surface area contributed by atoms with Gasteiger partial charge >= 0.3 is 0 Å². The smallest absolute Gasteiger partial charge is 0.218 e. The first-order valence-electron chi connectivity index (χ1n) is 5.22. The number of ether oxygens (including phenoxy) is 1. The molecule has 16 heavy (non-hydrogen) atoms. The van der Waals surface area contributed by atoms with Gasteiger partial charge in [-0.15, -0.1) is 0 Å². The molecule has 0 spiro atoms. The second-order valence-electron chi connectivity index (χ2n) is 3.86. The van der Waals surface area contributed by atoms with Crippen LogP contribution in [0.5, 0.6) is 5.75 Å². The van der Waals surface area contributed by atoms with Gasteiger partial charge in [0.2, 0.25) is 10.0 Å². The first kappa shape index (κ1) is 11.4. The molecule has 2 rings (SSSR count). The number of nitrogens with one attached hydrogen (secondary N) is 1. The molecule has 1 aliphatic rings. The van der Waals surface area contributed by atoms with Crippen LogP contribution < -0.4 is 9.46 Å². The van der Waals surface area contributed by atoms with E-state index in [4.69, 9.17) is 4.74 Å². The van der Waals surface area contributed by atoms with Gasteiger partial charge in [-0.05, 0) is 31.2 Å². The topological polar surface area (TPSA) is 55.4 Å². The van der Waals surface area contributed by atoms with E-state index in [2.05, 4.69) is 4.72 Å². The Kier molecular flexibility index (Phi) is 2.90. The Balaban J connectivity index is 2.35. The van der Waals surface area contributed by atoms with Gasteiger partial charge in [0.25, 0.3) is 0 Å². The number of benzene rings is 1. The summed E-state index contributed by atoms with van der Waals surface area (Å²) in [6.07, 6.45) is 0.857. The maximum atomic E-state index is 11.7. The number of rotatable bonds is 3. The summed E-state index contributed by atoms with van der Waals surface area (Å²) < 4.78 is 31.0.